The molecule has 108 valence electrons. The van der Waals surface area contributed by atoms with Crippen molar-refractivity contribution in [3.05, 3.63) is 0 Å². The molecule has 0 saturated heterocycles. The minimum absolute atomic E-state index is 0.488. The van der Waals surface area contributed by atoms with Crippen LogP contribution in [0.3, 0.4) is 0 Å². The third-order valence-electron chi connectivity index (χ3n) is 5.87. The molecule has 0 spiro atoms. The van der Waals surface area contributed by atoms with Gasteiger partial charge in [0.25, 0.3) is 0 Å². The summed E-state index contributed by atoms with van der Waals surface area (Å²) in [5.74, 6) is 3.67. The monoisotopic (exact) mass is 263 g/mol. The van der Waals surface area contributed by atoms with Crippen LogP contribution in [0.15, 0.2) is 4.99 Å². The van der Waals surface area contributed by atoms with Crippen molar-refractivity contribution < 1.29 is 0 Å². The Kier molecular flexibility index (Phi) is 3.48. The van der Waals surface area contributed by atoms with Crippen LogP contribution in [0.1, 0.15) is 58.8 Å². The Labute approximate surface area is 117 Å². The third-order valence-corrected chi connectivity index (χ3v) is 5.87. The van der Waals surface area contributed by atoms with Gasteiger partial charge in [0, 0.05) is 12.6 Å². The van der Waals surface area contributed by atoms with Gasteiger partial charge in [-0.05, 0) is 75.0 Å². The van der Waals surface area contributed by atoms with Crippen LogP contribution in [0.2, 0.25) is 0 Å². The van der Waals surface area contributed by atoms with Gasteiger partial charge in [-0.1, -0.05) is 6.92 Å². The van der Waals surface area contributed by atoms with Gasteiger partial charge in [0.1, 0.15) is 0 Å². The number of aliphatic imine (C=N–C) groups is 1. The van der Waals surface area contributed by atoms with Crippen molar-refractivity contribution in [3.63, 3.8) is 0 Å². The predicted molar refractivity (Wildman–Crippen MR) is 80.0 cm³/mol. The summed E-state index contributed by atoms with van der Waals surface area (Å²) >= 11 is 0. The number of nitrogens with one attached hydrogen (secondary N) is 1. The Balaban J connectivity index is 1.67. The molecule has 4 rings (SSSR count). The molecule has 3 N–H and O–H groups in total. The van der Waals surface area contributed by atoms with Crippen molar-refractivity contribution in [2.75, 3.05) is 6.54 Å². The molecule has 0 aromatic heterocycles. The predicted octanol–water partition coefficient (Wildman–Crippen LogP) is 2.91. The number of nitrogens with two attached hydrogens (primary N) is 1. The van der Waals surface area contributed by atoms with Crippen LogP contribution in [0.4, 0.5) is 0 Å². The zero-order valence-electron chi connectivity index (χ0n) is 12.5. The average Bonchev–Trinajstić information content (AvgIpc) is 2.34. The molecule has 0 radical (unpaired) electrons. The first kappa shape index (κ1) is 13.3. The number of guanidine groups is 1. The second-order valence-corrected chi connectivity index (χ2v) is 7.41. The molecule has 0 aromatic rings. The highest BCUT2D eigenvalue weighted by Crippen LogP contribution is 2.61. The van der Waals surface area contributed by atoms with E-state index in [-0.39, 0.29) is 0 Å². The van der Waals surface area contributed by atoms with E-state index in [4.69, 9.17) is 5.73 Å². The smallest absolute Gasteiger partial charge is 0.188 e. The van der Waals surface area contributed by atoms with Gasteiger partial charge in [-0.2, -0.15) is 0 Å². The lowest BCUT2D eigenvalue weighted by Gasteiger charge is -2.59. The van der Waals surface area contributed by atoms with Gasteiger partial charge >= 0.3 is 0 Å². The van der Waals surface area contributed by atoms with Crippen LogP contribution in [-0.4, -0.2) is 18.5 Å². The van der Waals surface area contributed by atoms with Crippen molar-refractivity contribution in [2.45, 2.75) is 64.8 Å². The van der Waals surface area contributed by atoms with Crippen LogP contribution in [-0.2, 0) is 0 Å². The van der Waals surface area contributed by atoms with Gasteiger partial charge in [-0.25, -0.2) is 0 Å². The number of rotatable bonds is 4. The second-order valence-electron chi connectivity index (χ2n) is 7.41. The molecule has 19 heavy (non-hydrogen) atoms. The Morgan fingerprint density at radius 1 is 1.21 bits per heavy atom. The lowest BCUT2D eigenvalue weighted by atomic mass is 9.48. The van der Waals surface area contributed by atoms with Gasteiger partial charge in [-0.3, -0.25) is 4.99 Å². The first-order valence-electron chi connectivity index (χ1n) is 8.18. The zero-order valence-corrected chi connectivity index (χ0v) is 12.5. The molecule has 4 bridgehead atoms. The first-order chi connectivity index (χ1) is 9.11. The molecule has 1 unspecified atom stereocenters. The van der Waals surface area contributed by atoms with Crippen LogP contribution in [0.25, 0.3) is 0 Å². The van der Waals surface area contributed by atoms with Gasteiger partial charge in [0.15, 0.2) is 5.96 Å². The molecule has 4 aliphatic rings. The molecule has 0 aliphatic heterocycles. The molecular formula is C16H29N3. The lowest BCUT2D eigenvalue weighted by molar-refractivity contribution is -0.0673. The molecule has 0 amide bonds. The van der Waals surface area contributed by atoms with Gasteiger partial charge in [0.2, 0.25) is 0 Å². The number of hydrogen-bond acceptors (Lipinski definition) is 1. The normalized spacial score (nSPS) is 42.4. The maximum Gasteiger partial charge on any atom is 0.188 e. The van der Waals surface area contributed by atoms with E-state index in [2.05, 4.69) is 24.2 Å². The van der Waals surface area contributed by atoms with E-state index in [0.29, 0.717) is 17.4 Å². The van der Waals surface area contributed by atoms with Crippen molar-refractivity contribution in [2.24, 2.45) is 33.9 Å². The van der Waals surface area contributed by atoms with E-state index in [1.165, 1.54) is 38.5 Å². The minimum atomic E-state index is 0.488. The van der Waals surface area contributed by atoms with Crippen molar-refractivity contribution in [3.8, 4) is 0 Å². The highest BCUT2D eigenvalue weighted by atomic mass is 15.1. The van der Waals surface area contributed by atoms with Crippen LogP contribution in [0.5, 0.6) is 0 Å². The lowest BCUT2D eigenvalue weighted by Crippen LogP contribution is -2.56. The first-order valence-corrected chi connectivity index (χ1v) is 8.18. The maximum absolute atomic E-state index is 6.02. The minimum Gasteiger partial charge on any atom is -0.370 e. The highest BCUT2D eigenvalue weighted by molar-refractivity contribution is 5.78. The fourth-order valence-electron chi connectivity index (χ4n) is 5.36. The van der Waals surface area contributed by atoms with Crippen molar-refractivity contribution in [1.82, 2.24) is 5.32 Å². The number of nitrogens with zero attached hydrogens (tertiary/aromatic N) is 1. The molecule has 4 aliphatic carbocycles. The van der Waals surface area contributed by atoms with Gasteiger partial charge < -0.3 is 11.1 Å². The summed E-state index contributed by atoms with van der Waals surface area (Å²) in [6.07, 6.45) is 9.85. The highest BCUT2D eigenvalue weighted by Gasteiger charge is 2.53. The molecule has 0 heterocycles. The van der Waals surface area contributed by atoms with Gasteiger partial charge in [0.05, 0.1) is 0 Å². The summed E-state index contributed by atoms with van der Waals surface area (Å²) in [5.41, 5.74) is 6.53. The standard InChI is InChI=1S/C16H29N3/c1-3-4-18-15(17)19-11(2)16-8-12-5-13(9-16)7-14(6-12)10-16/h11-14H,3-10H2,1-2H3,(H3,17,18,19). The topological polar surface area (TPSA) is 50.4 Å². The summed E-state index contributed by atoms with van der Waals surface area (Å²) in [6.45, 7) is 5.31. The third kappa shape index (κ3) is 2.48. The Hall–Kier alpha value is -0.730. The van der Waals surface area contributed by atoms with E-state index >= 15 is 0 Å². The Morgan fingerprint density at radius 2 is 1.74 bits per heavy atom. The summed E-state index contributed by atoms with van der Waals surface area (Å²) in [5, 5.41) is 3.50. The summed E-state index contributed by atoms with van der Waals surface area (Å²) in [6, 6.07) is 0.488. The molecule has 3 nitrogen and oxygen atoms in total. The Morgan fingerprint density at radius 3 is 2.21 bits per heavy atom. The zero-order chi connectivity index (χ0) is 13.5. The summed E-state index contributed by atoms with van der Waals surface area (Å²) < 4.78 is 0. The summed E-state index contributed by atoms with van der Waals surface area (Å²) in [7, 11) is 0. The molecule has 4 saturated carbocycles. The van der Waals surface area contributed by atoms with E-state index in [1.54, 1.807) is 0 Å². The van der Waals surface area contributed by atoms with Crippen LogP contribution in [0, 0.1) is 23.2 Å². The van der Waals surface area contributed by atoms with Crippen molar-refractivity contribution >= 4 is 5.96 Å². The van der Waals surface area contributed by atoms with Crippen molar-refractivity contribution in [1.29, 1.82) is 0 Å². The molecule has 0 aromatic carbocycles. The molecule has 3 heteroatoms. The Bertz CT molecular complexity index is 326. The quantitative estimate of drug-likeness (QED) is 0.605. The fourth-order valence-corrected chi connectivity index (χ4v) is 5.36. The molecule has 1 atom stereocenters. The number of hydrogen-bond donors (Lipinski definition) is 2. The SMILES string of the molecule is CCCN=C(N)NC(C)C12CC3CC(CC(C3)C1)C2. The summed E-state index contributed by atoms with van der Waals surface area (Å²) in [4.78, 5) is 4.39. The van der Waals surface area contributed by atoms with Crippen LogP contribution >= 0.6 is 0 Å². The maximum atomic E-state index is 6.02. The van der Waals surface area contributed by atoms with Crippen LogP contribution < -0.4 is 11.1 Å². The second kappa shape index (κ2) is 4.99. The molecule has 4 fully saturated rings. The average molecular weight is 263 g/mol. The van der Waals surface area contributed by atoms with E-state index < -0.39 is 0 Å². The van der Waals surface area contributed by atoms with E-state index in [1.807, 2.05) is 0 Å². The largest absolute Gasteiger partial charge is 0.370 e. The van der Waals surface area contributed by atoms with E-state index in [9.17, 15) is 0 Å². The fraction of sp³-hybridized carbons (Fsp3) is 0.938. The van der Waals surface area contributed by atoms with Gasteiger partial charge in [-0.15, -0.1) is 0 Å². The molecular weight excluding hydrogens is 234 g/mol. The van der Waals surface area contributed by atoms with E-state index in [0.717, 1.165) is 30.7 Å².